The maximum Gasteiger partial charge on any atom is 0.366 e. The molecule has 0 fully saturated rings. The molecule has 1 aromatic heterocycles. The monoisotopic (exact) mass is 369 g/mol. The van der Waals surface area contributed by atoms with Crippen LogP contribution in [0.1, 0.15) is 25.5 Å². The molecule has 1 aromatic carbocycles. The Kier molecular flexibility index (Phi) is 4.68. The summed E-state index contributed by atoms with van der Waals surface area (Å²) in [6.07, 6.45) is -1.11. The second-order valence-corrected chi connectivity index (χ2v) is 5.99. The number of aromatic nitrogens is 1. The van der Waals surface area contributed by atoms with Crippen LogP contribution in [0.15, 0.2) is 42.5 Å². The zero-order valence-electron chi connectivity index (χ0n) is 14.5. The Hall–Kier alpha value is -3.62. The number of fused-ring (bicyclic) bond motifs is 1. The van der Waals surface area contributed by atoms with E-state index in [0.717, 1.165) is 11.0 Å². The van der Waals surface area contributed by atoms with Crippen LogP contribution < -0.4 is 9.64 Å². The topological polar surface area (TPSA) is 120 Å². The van der Waals surface area contributed by atoms with Crippen molar-refractivity contribution >= 4 is 29.1 Å². The molecular formula is C18H15N3O6. The number of carbonyl (C=O) groups is 3. The summed E-state index contributed by atoms with van der Waals surface area (Å²) in [6, 6.07) is 9.52. The Balaban J connectivity index is 2.20. The Morgan fingerprint density at radius 2 is 1.78 bits per heavy atom. The van der Waals surface area contributed by atoms with E-state index in [0.29, 0.717) is 5.56 Å². The predicted octanol–water partition coefficient (Wildman–Crippen LogP) is 2.00. The van der Waals surface area contributed by atoms with E-state index >= 15 is 0 Å². The minimum absolute atomic E-state index is 0.0709. The van der Waals surface area contributed by atoms with Crippen LogP contribution in [0.4, 0.5) is 11.6 Å². The summed E-state index contributed by atoms with van der Waals surface area (Å²) in [7, 11) is 0. The van der Waals surface area contributed by atoms with Gasteiger partial charge >= 0.3 is 5.82 Å². The molecule has 0 saturated carbocycles. The Bertz CT molecular complexity index is 929. The quantitative estimate of drug-likeness (QED) is 0.449. The average Bonchev–Trinajstić information content (AvgIpc) is 2.63. The van der Waals surface area contributed by atoms with E-state index < -0.39 is 40.4 Å². The SMILES string of the molecule is CC(=O)C(C(C)=O)N1C(=O)C(c2ccccc2)Oc2ccc([N+](=O)[O-])nc21. The minimum Gasteiger partial charge on any atom is -0.469 e. The highest BCUT2D eigenvalue weighted by Gasteiger charge is 2.46. The second kappa shape index (κ2) is 6.94. The van der Waals surface area contributed by atoms with Gasteiger partial charge in [0.15, 0.2) is 23.4 Å². The number of nitrogens with zero attached hydrogens (tertiary/aromatic N) is 3. The van der Waals surface area contributed by atoms with Gasteiger partial charge in [0.1, 0.15) is 0 Å². The second-order valence-electron chi connectivity index (χ2n) is 5.99. The number of Topliss-reactive ketones (excluding diaryl/α,β-unsaturated/α-hetero) is 2. The van der Waals surface area contributed by atoms with Crippen molar-refractivity contribution in [3.8, 4) is 5.75 Å². The number of benzene rings is 1. The van der Waals surface area contributed by atoms with E-state index in [1.165, 1.54) is 19.9 Å². The minimum atomic E-state index is -1.44. The molecular weight excluding hydrogens is 354 g/mol. The van der Waals surface area contributed by atoms with Gasteiger partial charge in [-0.3, -0.25) is 19.3 Å². The van der Waals surface area contributed by atoms with Crippen LogP contribution in [0.25, 0.3) is 0 Å². The zero-order valence-corrected chi connectivity index (χ0v) is 14.5. The number of ether oxygens (including phenoxy) is 1. The standard InChI is InChI=1S/C18H15N3O6/c1-10(22)15(11(2)23)20-17-13(8-9-14(19-17)21(25)26)27-16(18(20)24)12-6-4-3-5-7-12/h3-9,15-16H,1-2H3. The summed E-state index contributed by atoms with van der Waals surface area (Å²) < 4.78 is 5.71. The van der Waals surface area contributed by atoms with Crippen molar-refractivity contribution in [2.24, 2.45) is 0 Å². The smallest absolute Gasteiger partial charge is 0.366 e. The number of amides is 1. The van der Waals surface area contributed by atoms with E-state index in [9.17, 15) is 24.5 Å². The van der Waals surface area contributed by atoms with Crippen molar-refractivity contribution in [2.45, 2.75) is 26.0 Å². The summed E-state index contributed by atoms with van der Waals surface area (Å²) >= 11 is 0. The molecule has 3 rings (SSSR count). The lowest BCUT2D eigenvalue weighted by molar-refractivity contribution is -0.389. The Morgan fingerprint density at radius 3 is 2.33 bits per heavy atom. The first-order valence-electron chi connectivity index (χ1n) is 8.02. The van der Waals surface area contributed by atoms with Gasteiger partial charge in [0, 0.05) is 11.6 Å². The third-order valence-corrected chi connectivity index (χ3v) is 4.08. The summed E-state index contributed by atoms with van der Waals surface area (Å²) in [4.78, 5) is 52.3. The molecule has 9 heteroatoms. The van der Waals surface area contributed by atoms with Crippen LogP contribution in [-0.4, -0.2) is 33.4 Å². The zero-order chi connectivity index (χ0) is 19.7. The normalized spacial score (nSPS) is 15.9. The molecule has 0 aliphatic carbocycles. The lowest BCUT2D eigenvalue weighted by atomic mass is 10.0. The van der Waals surface area contributed by atoms with Crippen molar-refractivity contribution in [1.82, 2.24) is 4.98 Å². The van der Waals surface area contributed by atoms with Crippen LogP contribution in [0.3, 0.4) is 0 Å². The molecule has 1 atom stereocenters. The number of nitro groups is 1. The van der Waals surface area contributed by atoms with Gasteiger partial charge < -0.3 is 14.9 Å². The summed E-state index contributed by atoms with van der Waals surface area (Å²) in [5.74, 6) is -2.54. The molecule has 0 saturated heterocycles. The first kappa shape index (κ1) is 18.2. The first-order valence-corrected chi connectivity index (χ1v) is 8.02. The lowest BCUT2D eigenvalue weighted by Gasteiger charge is -2.34. The fourth-order valence-electron chi connectivity index (χ4n) is 2.94. The van der Waals surface area contributed by atoms with E-state index in [-0.39, 0.29) is 11.6 Å². The van der Waals surface area contributed by atoms with Gasteiger partial charge in [0.25, 0.3) is 11.7 Å². The number of hydrogen-bond acceptors (Lipinski definition) is 7. The van der Waals surface area contributed by atoms with Crippen molar-refractivity contribution in [3.05, 3.63) is 58.1 Å². The molecule has 1 aliphatic heterocycles. The van der Waals surface area contributed by atoms with Gasteiger partial charge in [-0.05, 0) is 29.8 Å². The maximum absolute atomic E-state index is 13.1. The lowest BCUT2D eigenvalue weighted by Crippen LogP contribution is -2.53. The summed E-state index contributed by atoms with van der Waals surface area (Å²) in [5.41, 5.74) is 0.516. The molecule has 0 spiro atoms. The average molecular weight is 369 g/mol. The van der Waals surface area contributed by atoms with Crippen molar-refractivity contribution < 1.29 is 24.0 Å². The van der Waals surface area contributed by atoms with Crippen LogP contribution in [0, 0.1) is 10.1 Å². The number of pyridine rings is 1. The Labute approximate surface area is 153 Å². The maximum atomic E-state index is 13.1. The van der Waals surface area contributed by atoms with E-state index in [4.69, 9.17) is 4.74 Å². The Morgan fingerprint density at radius 1 is 1.15 bits per heavy atom. The molecule has 9 nitrogen and oxygen atoms in total. The summed E-state index contributed by atoms with van der Waals surface area (Å²) in [5, 5.41) is 11.1. The third kappa shape index (κ3) is 3.26. The highest BCUT2D eigenvalue weighted by atomic mass is 16.6. The van der Waals surface area contributed by atoms with E-state index in [1.54, 1.807) is 30.3 Å². The predicted molar refractivity (Wildman–Crippen MR) is 93.3 cm³/mol. The van der Waals surface area contributed by atoms with Gasteiger partial charge in [-0.25, -0.2) is 0 Å². The van der Waals surface area contributed by atoms with Crippen LogP contribution in [0.2, 0.25) is 0 Å². The molecule has 138 valence electrons. The number of carbonyl (C=O) groups excluding carboxylic acids is 3. The molecule has 2 aromatic rings. The fraction of sp³-hybridized carbons (Fsp3) is 0.222. The van der Waals surface area contributed by atoms with Crippen LogP contribution in [-0.2, 0) is 14.4 Å². The molecule has 0 N–H and O–H groups in total. The van der Waals surface area contributed by atoms with Crippen molar-refractivity contribution in [1.29, 1.82) is 0 Å². The van der Waals surface area contributed by atoms with Gasteiger partial charge in [-0.15, -0.1) is 0 Å². The molecule has 27 heavy (non-hydrogen) atoms. The number of ketones is 2. The highest BCUT2D eigenvalue weighted by molar-refractivity contribution is 6.15. The number of hydrogen-bond donors (Lipinski definition) is 0. The fourth-order valence-corrected chi connectivity index (χ4v) is 2.94. The highest BCUT2D eigenvalue weighted by Crippen LogP contribution is 2.40. The third-order valence-electron chi connectivity index (χ3n) is 4.08. The first-order chi connectivity index (χ1) is 12.8. The van der Waals surface area contributed by atoms with E-state index in [2.05, 4.69) is 4.98 Å². The van der Waals surface area contributed by atoms with Crippen molar-refractivity contribution in [3.63, 3.8) is 0 Å². The number of rotatable bonds is 5. The van der Waals surface area contributed by atoms with Gasteiger partial charge in [0.2, 0.25) is 6.10 Å². The molecule has 1 unspecified atom stereocenters. The van der Waals surface area contributed by atoms with E-state index in [1.807, 2.05) is 0 Å². The van der Waals surface area contributed by atoms with Crippen LogP contribution in [0.5, 0.6) is 5.75 Å². The molecule has 0 bridgehead atoms. The van der Waals surface area contributed by atoms with Crippen molar-refractivity contribution in [2.75, 3.05) is 4.90 Å². The van der Waals surface area contributed by atoms with Crippen LogP contribution >= 0.6 is 0 Å². The molecule has 0 radical (unpaired) electrons. The molecule has 1 aliphatic rings. The molecule has 2 heterocycles. The number of anilines is 1. The van der Waals surface area contributed by atoms with Gasteiger partial charge in [-0.1, -0.05) is 30.3 Å². The van der Waals surface area contributed by atoms with Gasteiger partial charge in [0.05, 0.1) is 0 Å². The summed E-state index contributed by atoms with van der Waals surface area (Å²) in [6.45, 7) is 2.34. The largest absolute Gasteiger partial charge is 0.469 e. The molecule has 1 amide bonds. The van der Waals surface area contributed by atoms with Gasteiger partial charge in [-0.2, -0.15) is 0 Å².